The van der Waals surface area contributed by atoms with Crippen molar-refractivity contribution in [2.24, 2.45) is 17.8 Å². The number of hydrazine groups is 1. The number of nitrogens with one attached hydrogen (secondary N) is 2. The van der Waals surface area contributed by atoms with Crippen molar-refractivity contribution < 1.29 is 0 Å². The lowest BCUT2D eigenvalue weighted by Gasteiger charge is -2.35. The third-order valence-electron chi connectivity index (χ3n) is 4.26. The lowest BCUT2D eigenvalue weighted by atomic mass is 9.72. The molecule has 0 radical (unpaired) electrons. The molecule has 1 heterocycles. The SMILES string of the molecule is C1CC2CCC3NNCC3C2C1. The van der Waals surface area contributed by atoms with Crippen LogP contribution in [0.3, 0.4) is 0 Å². The maximum Gasteiger partial charge on any atom is 0.0256 e. The molecule has 4 atom stereocenters. The van der Waals surface area contributed by atoms with Crippen LogP contribution in [0.1, 0.15) is 32.1 Å². The van der Waals surface area contributed by atoms with Gasteiger partial charge in [0.25, 0.3) is 0 Å². The summed E-state index contributed by atoms with van der Waals surface area (Å²) in [6.07, 6.45) is 7.43. The van der Waals surface area contributed by atoms with Gasteiger partial charge in [0, 0.05) is 12.6 Å². The van der Waals surface area contributed by atoms with Gasteiger partial charge in [0.2, 0.25) is 0 Å². The Kier molecular flexibility index (Phi) is 1.66. The summed E-state index contributed by atoms with van der Waals surface area (Å²) in [7, 11) is 0. The lowest BCUT2D eigenvalue weighted by Crippen LogP contribution is -2.38. The lowest BCUT2D eigenvalue weighted by molar-refractivity contribution is 0.176. The number of hydrogen-bond acceptors (Lipinski definition) is 2. The predicted octanol–water partition coefficient (Wildman–Crippen LogP) is 1.29. The fourth-order valence-electron chi connectivity index (χ4n) is 3.67. The Labute approximate surface area is 74.1 Å². The van der Waals surface area contributed by atoms with Crippen LogP contribution in [-0.2, 0) is 0 Å². The molecule has 0 bridgehead atoms. The Morgan fingerprint density at radius 3 is 2.92 bits per heavy atom. The second-order valence-electron chi connectivity index (χ2n) is 4.73. The van der Waals surface area contributed by atoms with E-state index in [2.05, 4.69) is 10.9 Å². The summed E-state index contributed by atoms with van der Waals surface area (Å²) in [5.74, 6) is 3.12. The molecular formula is C10H18N2. The van der Waals surface area contributed by atoms with E-state index in [1.807, 2.05) is 0 Å². The van der Waals surface area contributed by atoms with E-state index < -0.39 is 0 Å². The van der Waals surface area contributed by atoms with Crippen molar-refractivity contribution in [2.45, 2.75) is 38.1 Å². The molecule has 1 saturated heterocycles. The van der Waals surface area contributed by atoms with Crippen LogP contribution in [0.25, 0.3) is 0 Å². The van der Waals surface area contributed by atoms with Crippen LogP contribution in [0.4, 0.5) is 0 Å². The van der Waals surface area contributed by atoms with Crippen LogP contribution in [0.2, 0.25) is 0 Å². The Bertz CT molecular complexity index is 161. The van der Waals surface area contributed by atoms with Gasteiger partial charge in [-0.1, -0.05) is 12.8 Å². The van der Waals surface area contributed by atoms with Gasteiger partial charge in [0.15, 0.2) is 0 Å². The fourth-order valence-corrected chi connectivity index (χ4v) is 3.67. The Hall–Kier alpha value is -0.0800. The average molecular weight is 166 g/mol. The van der Waals surface area contributed by atoms with Crippen molar-refractivity contribution >= 4 is 0 Å². The van der Waals surface area contributed by atoms with Crippen LogP contribution in [-0.4, -0.2) is 12.6 Å². The molecule has 0 aromatic rings. The van der Waals surface area contributed by atoms with E-state index in [1.54, 1.807) is 0 Å². The zero-order chi connectivity index (χ0) is 7.97. The third-order valence-corrected chi connectivity index (χ3v) is 4.26. The van der Waals surface area contributed by atoms with Gasteiger partial charge in [-0.3, -0.25) is 10.9 Å². The van der Waals surface area contributed by atoms with E-state index >= 15 is 0 Å². The number of fused-ring (bicyclic) bond motifs is 3. The Morgan fingerprint density at radius 2 is 1.92 bits per heavy atom. The first-order valence-corrected chi connectivity index (χ1v) is 5.43. The summed E-state index contributed by atoms with van der Waals surface area (Å²) in [6, 6.07) is 0.810. The standard InChI is InChI=1S/C10H18N2/c1-2-7-4-5-10-9(6-11-12-10)8(7)3-1/h7-12H,1-6H2. The summed E-state index contributed by atoms with van der Waals surface area (Å²) in [5.41, 5.74) is 6.75. The van der Waals surface area contributed by atoms with Crippen LogP contribution in [0.5, 0.6) is 0 Å². The van der Waals surface area contributed by atoms with E-state index in [0.717, 1.165) is 23.8 Å². The molecule has 2 aliphatic carbocycles. The Balaban J connectivity index is 1.81. The molecule has 0 aromatic heterocycles. The van der Waals surface area contributed by atoms with Gasteiger partial charge in [-0.25, -0.2) is 0 Å². The first kappa shape index (κ1) is 7.34. The summed E-state index contributed by atoms with van der Waals surface area (Å²) in [5, 5.41) is 0. The predicted molar refractivity (Wildman–Crippen MR) is 48.5 cm³/mol. The number of rotatable bonds is 0. The molecule has 2 saturated carbocycles. The van der Waals surface area contributed by atoms with Gasteiger partial charge in [-0.2, -0.15) is 0 Å². The minimum absolute atomic E-state index is 0.810. The van der Waals surface area contributed by atoms with E-state index in [9.17, 15) is 0 Å². The summed E-state index contributed by atoms with van der Waals surface area (Å²) in [4.78, 5) is 0. The van der Waals surface area contributed by atoms with Gasteiger partial charge >= 0.3 is 0 Å². The molecule has 68 valence electrons. The number of hydrogen-bond donors (Lipinski definition) is 2. The molecule has 1 aliphatic heterocycles. The van der Waals surface area contributed by atoms with Gasteiger partial charge < -0.3 is 0 Å². The molecule has 12 heavy (non-hydrogen) atoms. The summed E-state index contributed by atoms with van der Waals surface area (Å²) >= 11 is 0. The quantitative estimate of drug-likeness (QED) is 0.566. The minimum Gasteiger partial charge on any atom is -0.257 e. The fraction of sp³-hybridized carbons (Fsp3) is 1.00. The zero-order valence-corrected chi connectivity index (χ0v) is 7.55. The second-order valence-corrected chi connectivity index (χ2v) is 4.73. The van der Waals surface area contributed by atoms with Crippen LogP contribution in [0, 0.1) is 17.8 Å². The highest BCUT2D eigenvalue weighted by Crippen LogP contribution is 2.45. The molecule has 0 spiro atoms. The van der Waals surface area contributed by atoms with E-state index in [0.29, 0.717) is 0 Å². The molecule has 3 aliphatic rings. The van der Waals surface area contributed by atoms with Crippen molar-refractivity contribution in [3.8, 4) is 0 Å². The van der Waals surface area contributed by atoms with Crippen molar-refractivity contribution in [1.82, 2.24) is 10.9 Å². The first-order valence-electron chi connectivity index (χ1n) is 5.43. The zero-order valence-electron chi connectivity index (χ0n) is 7.55. The average Bonchev–Trinajstić information content (AvgIpc) is 2.71. The second kappa shape index (κ2) is 2.71. The van der Waals surface area contributed by atoms with Crippen molar-refractivity contribution in [3.63, 3.8) is 0 Å². The van der Waals surface area contributed by atoms with Crippen LogP contribution in [0.15, 0.2) is 0 Å². The van der Waals surface area contributed by atoms with Crippen molar-refractivity contribution in [2.75, 3.05) is 6.54 Å². The molecule has 2 N–H and O–H groups in total. The van der Waals surface area contributed by atoms with Crippen LogP contribution >= 0.6 is 0 Å². The maximum absolute atomic E-state index is 3.42. The van der Waals surface area contributed by atoms with Crippen LogP contribution < -0.4 is 10.9 Å². The highest BCUT2D eigenvalue weighted by atomic mass is 15.4. The van der Waals surface area contributed by atoms with Gasteiger partial charge in [0.1, 0.15) is 0 Å². The molecule has 0 aromatic carbocycles. The molecular weight excluding hydrogens is 148 g/mol. The summed E-state index contributed by atoms with van der Waals surface area (Å²) < 4.78 is 0. The van der Waals surface area contributed by atoms with Gasteiger partial charge in [0.05, 0.1) is 0 Å². The van der Waals surface area contributed by atoms with Gasteiger partial charge in [-0.15, -0.1) is 0 Å². The first-order chi connectivity index (χ1) is 5.95. The van der Waals surface area contributed by atoms with Gasteiger partial charge in [-0.05, 0) is 37.0 Å². The van der Waals surface area contributed by atoms with E-state index in [-0.39, 0.29) is 0 Å². The normalized spacial score (nSPS) is 52.0. The highest BCUT2D eigenvalue weighted by Gasteiger charge is 2.43. The third kappa shape index (κ3) is 0.944. The Morgan fingerprint density at radius 1 is 0.917 bits per heavy atom. The maximum atomic E-state index is 3.42. The minimum atomic E-state index is 0.810. The highest BCUT2D eigenvalue weighted by molar-refractivity contribution is 4.96. The molecule has 2 nitrogen and oxygen atoms in total. The molecule has 3 rings (SSSR count). The monoisotopic (exact) mass is 166 g/mol. The molecule has 0 amide bonds. The topological polar surface area (TPSA) is 24.1 Å². The molecule has 2 heteroatoms. The largest absolute Gasteiger partial charge is 0.257 e. The summed E-state index contributed by atoms with van der Waals surface area (Å²) in [6.45, 7) is 1.23. The smallest absolute Gasteiger partial charge is 0.0256 e. The van der Waals surface area contributed by atoms with Crippen molar-refractivity contribution in [1.29, 1.82) is 0 Å². The van der Waals surface area contributed by atoms with E-state index in [1.165, 1.54) is 38.6 Å². The van der Waals surface area contributed by atoms with E-state index in [4.69, 9.17) is 0 Å². The molecule has 4 unspecified atom stereocenters. The molecule has 3 fully saturated rings. The van der Waals surface area contributed by atoms with Crippen molar-refractivity contribution in [3.05, 3.63) is 0 Å².